The molecule has 2 heteroatoms. The van der Waals surface area contributed by atoms with Crippen LogP contribution in [0.5, 0.6) is 0 Å². The van der Waals surface area contributed by atoms with Crippen molar-refractivity contribution in [2.75, 3.05) is 0 Å². The van der Waals surface area contributed by atoms with Gasteiger partial charge in [-0.15, -0.1) is 0 Å². The Kier molecular flexibility index (Phi) is 3.69. The number of hydrogen-bond donors (Lipinski definition) is 0. The molecule has 0 saturated heterocycles. The van der Waals surface area contributed by atoms with E-state index >= 15 is 0 Å². The van der Waals surface area contributed by atoms with E-state index < -0.39 is 0 Å². The van der Waals surface area contributed by atoms with Crippen molar-refractivity contribution in [3.05, 3.63) is 36.4 Å². The van der Waals surface area contributed by atoms with E-state index in [0.717, 1.165) is 0 Å². The van der Waals surface area contributed by atoms with Gasteiger partial charge in [-0.05, 0) is 18.1 Å². The van der Waals surface area contributed by atoms with Gasteiger partial charge >= 0.3 is 0 Å². The predicted molar refractivity (Wildman–Crippen MR) is 60.6 cm³/mol. The Morgan fingerprint density at radius 1 is 1.21 bits per heavy atom. The first-order valence-electron chi connectivity index (χ1n) is 5.20. The zero-order chi connectivity index (χ0) is 10.6. The van der Waals surface area contributed by atoms with Crippen LogP contribution in [-0.2, 0) is 0 Å². The Morgan fingerprint density at radius 3 is 2.57 bits per heavy atom. The lowest BCUT2D eigenvalue weighted by Gasteiger charge is -2.00. The van der Waals surface area contributed by atoms with Crippen molar-refractivity contribution in [1.82, 2.24) is 9.38 Å². The highest BCUT2D eigenvalue weighted by atomic mass is 15.0. The first-order chi connectivity index (χ1) is 6.79. The Hall–Kier alpha value is -1.31. The zero-order valence-electron chi connectivity index (χ0n) is 9.36. The van der Waals surface area contributed by atoms with Crippen molar-refractivity contribution >= 4 is 5.52 Å². The molecule has 0 unspecified atom stereocenters. The second-order valence-electron chi connectivity index (χ2n) is 3.28. The maximum absolute atomic E-state index is 4.36. The van der Waals surface area contributed by atoms with Crippen LogP contribution in [0, 0.1) is 0 Å². The van der Waals surface area contributed by atoms with Gasteiger partial charge in [-0.2, -0.15) is 0 Å². The molecule has 0 aromatic carbocycles. The topological polar surface area (TPSA) is 17.3 Å². The molecule has 0 aliphatic carbocycles. The first-order valence-corrected chi connectivity index (χ1v) is 5.20. The number of fused-ring (bicyclic) bond motifs is 1. The third-order valence-electron chi connectivity index (χ3n) is 2.02. The summed E-state index contributed by atoms with van der Waals surface area (Å²) in [4.78, 5) is 4.36. The summed E-state index contributed by atoms with van der Waals surface area (Å²) in [6, 6.07) is 6.16. The van der Waals surface area contributed by atoms with Gasteiger partial charge in [-0.3, -0.25) is 0 Å². The van der Waals surface area contributed by atoms with Crippen LogP contribution < -0.4 is 0 Å². The smallest absolute Gasteiger partial charge is 0.0995 e. The molecular formula is C12H18N2. The maximum Gasteiger partial charge on any atom is 0.0995 e. The van der Waals surface area contributed by atoms with Gasteiger partial charge in [0.15, 0.2) is 0 Å². The molecule has 2 aromatic heterocycles. The van der Waals surface area contributed by atoms with Crippen LogP contribution >= 0.6 is 0 Å². The van der Waals surface area contributed by atoms with Crippen LogP contribution in [-0.4, -0.2) is 9.38 Å². The van der Waals surface area contributed by atoms with Crippen LogP contribution in [0.4, 0.5) is 0 Å². The third-order valence-corrected chi connectivity index (χ3v) is 2.02. The van der Waals surface area contributed by atoms with Gasteiger partial charge in [0.2, 0.25) is 0 Å². The lowest BCUT2D eigenvalue weighted by atomic mass is 10.1. The van der Waals surface area contributed by atoms with E-state index in [1.165, 1.54) is 11.2 Å². The van der Waals surface area contributed by atoms with E-state index in [1.807, 2.05) is 38.5 Å². The van der Waals surface area contributed by atoms with Gasteiger partial charge in [0.1, 0.15) is 0 Å². The number of imidazole rings is 1. The van der Waals surface area contributed by atoms with Crippen molar-refractivity contribution in [1.29, 1.82) is 0 Å². The van der Waals surface area contributed by atoms with Crippen molar-refractivity contribution in [3.63, 3.8) is 0 Å². The molecule has 2 rings (SSSR count). The van der Waals surface area contributed by atoms with Crippen molar-refractivity contribution in [2.45, 2.75) is 33.6 Å². The fourth-order valence-corrected chi connectivity index (χ4v) is 1.41. The maximum atomic E-state index is 4.36. The molecule has 0 N–H and O–H groups in total. The first kappa shape index (κ1) is 10.8. The van der Waals surface area contributed by atoms with E-state index in [2.05, 4.69) is 29.3 Å². The summed E-state index contributed by atoms with van der Waals surface area (Å²) in [6.07, 6.45) is 3.89. The molecule has 0 spiro atoms. The largest absolute Gasteiger partial charge is 0.306 e. The summed E-state index contributed by atoms with van der Waals surface area (Å²) in [5.41, 5.74) is 2.39. The highest BCUT2D eigenvalue weighted by Crippen LogP contribution is 2.17. The summed E-state index contributed by atoms with van der Waals surface area (Å²) in [5.74, 6) is 0.498. The van der Waals surface area contributed by atoms with Crippen molar-refractivity contribution in [2.24, 2.45) is 0 Å². The Bertz CT molecular complexity index is 388. The van der Waals surface area contributed by atoms with Gasteiger partial charge in [0, 0.05) is 6.20 Å². The number of hydrogen-bond acceptors (Lipinski definition) is 1. The summed E-state index contributed by atoms with van der Waals surface area (Å²) in [5, 5.41) is 0. The van der Waals surface area contributed by atoms with Crippen LogP contribution in [0.25, 0.3) is 5.52 Å². The molecule has 0 radical (unpaired) electrons. The molecule has 0 amide bonds. The average Bonchev–Trinajstić information content (AvgIpc) is 2.64. The summed E-state index contributed by atoms with van der Waals surface area (Å²) < 4.78 is 2.05. The molecule has 0 aliphatic rings. The summed E-state index contributed by atoms with van der Waals surface area (Å²) in [6.45, 7) is 8.32. The molecule has 0 aliphatic heterocycles. The summed E-state index contributed by atoms with van der Waals surface area (Å²) >= 11 is 0. The third kappa shape index (κ3) is 1.95. The Balaban J connectivity index is 0.000000461. The Morgan fingerprint density at radius 2 is 1.93 bits per heavy atom. The fraction of sp³-hybridized carbons (Fsp3) is 0.417. The van der Waals surface area contributed by atoms with Gasteiger partial charge in [0.05, 0.1) is 17.5 Å². The van der Waals surface area contributed by atoms with E-state index in [0.29, 0.717) is 5.92 Å². The quantitative estimate of drug-likeness (QED) is 0.673. The fourth-order valence-electron chi connectivity index (χ4n) is 1.41. The van der Waals surface area contributed by atoms with Gasteiger partial charge < -0.3 is 4.40 Å². The molecule has 76 valence electrons. The molecule has 14 heavy (non-hydrogen) atoms. The number of aromatic nitrogens is 2. The van der Waals surface area contributed by atoms with Crippen LogP contribution in [0.3, 0.4) is 0 Å². The minimum Gasteiger partial charge on any atom is -0.306 e. The van der Waals surface area contributed by atoms with Gasteiger partial charge in [-0.25, -0.2) is 4.98 Å². The normalized spacial score (nSPS) is 10.1. The molecule has 2 nitrogen and oxygen atoms in total. The van der Waals surface area contributed by atoms with Crippen molar-refractivity contribution in [3.8, 4) is 0 Å². The highest BCUT2D eigenvalue weighted by Gasteiger charge is 2.05. The van der Waals surface area contributed by atoms with Gasteiger partial charge in [0.25, 0.3) is 0 Å². The second kappa shape index (κ2) is 4.80. The zero-order valence-corrected chi connectivity index (χ0v) is 9.36. The number of nitrogens with zero attached hydrogens (tertiary/aromatic N) is 2. The molecular weight excluding hydrogens is 172 g/mol. The SMILES string of the molecule is CC.CC(C)c1ncn2ccccc12. The lowest BCUT2D eigenvalue weighted by molar-refractivity contribution is 0.841. The number of rotatable bonds is 1. The van der Waals surface area contributed by atoms with Crippen LogP contribution in [0.1, 0.15) is 39.3 Å². The second-order valence-corrected chi connectivity index (χ2v) is 3.28. The van der Waals surface area contributed by atoms with Crippen LogP contribution in [0.2, 0.25) is 0 Å². The minimum atomic E-state index is 0.498. The number of pyridine rings is 1. The van der Waals surface area contributed by atoms with Crippen molar-refractivity contribution < 1.29 is 0 Å². The summed E-state index contributed by atoms with van der Waals surface area (Å²) in [7, 11) is 0. The van der Waals surface area contributed by atoms with E-state index in [1.54, 1.807) is 0 Å². The molecule has 0 bridgehead atoms. The predicted octanol–water partition coefficient (Wildman–Crippen LogP) is 3.48. The molecule has 2 aromatic rings. The monoisotopic (exact) mass is 190 g/mol. The van der Waals surface area contributed by atoms with E-state index in [4.69, 9.17) is 0 Å². The van der Waals surface area contributed by atoms with E-state index in [-0.39, 0.29) is 0 Å². The van der Waals surface area contributed by atoms with Crippen LogP contribution in [0.15, 0.2) is 30.7 Å². The molecule has 0 saturated carbocycles. The minimum absolute atomic E-state index is 0.498. The lowest BCUT2D eigenvalue weighted by Crippen LogP contribution is -1.88. The molecule has 0 fully saturated rings. The molecule has 2 heterocycles. The Labute approximate surface area is 85.6 Å². The standard InChI is InChI=1S/C10H12N2.C2H6/c1-8(2)10-9-5-3-4-6-12(9)7-11-10;1-2/h3-8H,1-2H3;1-2H3. The van der Waals surface area contributed by atoms with Gasteiger partial charge in [-0.1, -0.05) is 33.8 Å². The van der Waals surface area contributed by atoms with E-state index in [9.17, 15) is 0 Å². The average molecular weight is 190 g/mol. The molecule has 0 atom stereocenters. The highest BCUT2D eigenvalue weighted by molar-refractivity contribution is 5.52.